The van der Waals surface area contributed by atoms with Crippen molar-refractivity contribution in [2.75, 3.05) is 0 Å². The first kappa shape index (κ1) is 17.7. The number of carbonyl (C=O) groups excluding carboxylic acids is 1. The number of nitrogens with two attached hydrogens (primary N) is 1. The summed E-state index contributed by atoms with van der Waals surface area (Å²) < 4.78 is 24.3. The molecule has 0 aromatic heterocycles. The van der Waals surface area contributed by atoms with Gasteiger partial charge in [-0.2, -0.15) is 0 Å². The highest BCUT2D eigenvalue weighted by molar-refractivity contribution is 6.30. The van der Waals surface area contributed by atoms with Crippen molar-refractivity contribution in [3.63, 3.8) is 0 Å². The van der Waals surface area contributed by atoms with Crippen LogP contribution in [-0.4, -0.2) is 24.2 Å². The fraction of sp³-hybridized carbons (Fsp3) is 0.533. The van der Waals surface area contributed by atoms with Gasteiger partial charge in [0.1, 0.15) is 29.8 Å². The summed E-state index contributed by atoms with van der Waals surface area (Å²) in [5.74, 6) is -0.679. The lowest BCUT2D eigenvalue weighted by molar-refractivity contribution is -0.157. The van der Waals surface area contributed by atoms with E-state index in [2.05, 4.69) is 0 Å². The molecule has 0 saturated heterocycles. The van der Waals surface area contributed by atoms with Crippen molar-refractivity contribution in [1.29, 1.82) is 0 Å². The molecule has 2 N–H and O–H groups in total. The first-order valence-electron chi connectivity index (χ1n) is 6.79. The second kappa shape index (κ2) is 7.61. The molecule has 0 bridgehead atoms. The molecule has 3 atom stereocenters. The van der Waals surface area contributed by atoms with E-state index in [1.807, 2.05) is 13.8 Å². The van der Waals surface area contributed by atoms with Gasteiger partial charge in [0.2, 0.25) is 0 Å². The number of ether oxygens (including phenoxy) is 2. The zero-order valence-corrected chi connectivity index (χ0v) is 13.4. The van der Waals surface area contributed by atoms with E-state index in [4.69, 9.17) is 26.8 Å². The quantitative estimate of drug-likeness (QED) is 0.819. The molecule has 0 aliphatic heterocycles. The summed E-state index contributed by atoms with van der Waals surface area (Å²) in [4.78, 5) is 11.6. The van der Waals surface area contributed by atoms with Gasteiger partial charge in [0, 0.05) is 11.1 Å². The molecule has 21 heavy (non-hydrogen) atoms. The van der Waals surface area contributed by atoms with Gasteiger partial charge in [-0.15, -0.1) is 0 Å². The average Bonchev–Trinajstić information content (AvgIpc) is 2.33. The smallest absolute Gasteiger partial charge is 0.323 e. The fourth-order valence-electron chi connectivity index (χ4n) is 1.89. The highest BCUT2D eigenvalue weighted by atomic mass is 35.5. The molecule has 2 unspecified atom stereocenters. The van der Waals surface area contributed by atoms with E-state index in [0.29, 0.717) is 0 Å². The van der Waals surface area contributed by atoms with Gasteiger partial charge in [-0.1, -0.05) is 25.4 Å². The van der Waals surface area contributed by atoms with Crippen molar-refractivity contribution in [2.45, 2.75) is 45.9 Å². The van der Waals surface area contributed by atoms with Crippen molar-refractivity contribution in [2.24, 2.45) is 11.7 Å². The second-order valence-electron chi connectivity index (χ2n) is 5.36. The number of hydrogen-bond donors (Lipinski definition) is 1. The van der Waals surface area contributed by atoms with E-state index < -0.39 is 30.0 Å². The first-order chi connectivity index (χ1) is 9.70. The van der Waals surface area contributed by atoms with E-state index in [0.717, 1.165) is 0 Å². The van der Waals surface area contributed by atoms with Crippen LogP contribution in [0.4, 0.5) is 4.39 Å². The van der Waals surface area contributed by atoms with Crippen LogP contribution in [0, 0.1) is 11.7 Å². The molecular weight excluding hydrogens is 297 g/mol. The molecule has 0 amide bonds. The van der Waals surface area contributed by atoms with Crippen molar-refractivity contribution in [3.8, 4) is 5.75 Å². The van der Waals surface area contributed by atoms with Crippen molar-refractivity contribution < 1.29 is 18.7 Å². The van der Waals surface area contributed by atoms with Crippen LogP contribution in [0.1, 0.15) is 27.7 Å². The van der Waals surface area contributed by atoms with Gasteiger partial charge in [0.05, 0.1) is 0 Å². The monoisotopic (exact) mass is 317 g/mol. The summed E-state index contributed by atoms with van der Waals surface area (Å²) in [7, 11) is 0. The van der Waals surface area contributed by atoms with E-state index >= 15 is 0 Å². The standard InChI is InChI=1S/C15H21ClFNO3/c1-8(2)14(21-15(19)9(3)18)10(4)20-13-6-11(16)5-12(17)7-13/h5-10,14H,18H2,1-4H3/t9-,10?,14?/m0/s1. The van der Waals surface area contributed by atoms with Crippen LogP contribution >= 0.6 is 11.6 Å². The maximum atomic E-state index is 13.3. The van der Waals surface area contributed by atoms with E-state index in [9.17, 15) is 9.18 Å². The van der Waals surface area contributed by atoms with Crippen LogP contribution in [0.25, 0.3) is 0 Å². The Bertz CT molecular complexity index is 474. The molecule has 0 spiro atoms. The topological polar surface area (TPSA) is 61.5 Å². The summed E-state index contributed by atoms with van der Waals surface area (Å²) >= 11 is 5.78. The van der Waals surface area contributed by atoms with Gasteiger partial charge in [0.25, 0.3) is 0 Å². The van der Waals surface area contributed by atoms with Crippen LogP contribution in [-0.2, 0) is 9.53 Å². The molecule has 0 aliphatic rings. The Morgan fingerprint density at radius 1 is 1.24 bits per heavy atom. The number of rotatable bonds is 6. The van der Waals surface area contributed by atoms with E-state index in [-0.39, 0.29) is 16.7 Å². The number of carbonyl (C=O) groups is 1. The fourth-order valence-corrected chi connectivity index (χ4v) is 2.11. The summed E-state index contributed by atoms with van der Waals surface area (Å²) in [5, 5.41) is 0.242. The Hall–Kier alpha value is -1.33. The number of benzene rings is 1. The molecule has 118 valence electrons. The molecule has 0 saturated carbocycles. The van der Waals surface area contributed by atoms with Crippen LogP contribution in [0.3, 0.4) is 0 Å². The van der Waals surface area contributed by atoms with Crippen LogP contribution in [0.2, 0.25) is 5.02 Å². The Kier molecular flexibility index (Phi) is 6.42. The third-order valence-corrected chi connectivity index (χ3v) is 3.12. The predicted octanol–water partition coefficient (Wildman–Crippen LogP) is 3.16. The summed E-state index contributed by atoms with van der Waals surface area (Å²) in [5.41, 5.74) is 5.49. The van der Waals surface area contributed by atoms with Crippen LogP contribution in [0.5, 0.6) is 5.75 Å². The van der Waals surface area contributed by atoms with Gasteiger partial charge in [-0.25, -0.2) is 4.39 Å². The minimum absolute atomic E-state index is 0.0201. The van der Waals surface area contributed by atoms with Gasteiger partial charge >= 0.3 is 5.97 Å². The molecule has 0 heterocycles. The van der Waals surface area contributed by atoms with Crippen molar-refractivity contribution in [1.82, 2.24) is 0 Å². The lowest BCUT2D eigenvalue weighted by Gasteiger charge is -2.28. The van der Waals surface area contributed by atoms with E-state index in [1.54, 1.807) is 13.8 Å². The average molecular weight is 318 g/mol. The Morgan fingerprint density at radius 2 is 1.86 bits per heavy atom. The van der Waals surface area contributed by atoms with Gasteiger partial charge in [0.15, 0.2) is 0 Å². The zero-order valence-electron chi connectivity index (χ0n) is 12.6. The molecule has 0 radical (unpaired) electrons. The van der Waals surface area contributed by atoms with Crippen molar-refractivity contribution >= 4 is 17.6 Å². The first-order valence-corrected chi connectivity index (χ1v) is 7.17. The highest BCUT2D eigenvalue weighted by Crippen LogP contribution is 2.23. The SMILES string of the molecule is CC(C)C(OC(=O)[C@H](C)N)C(C)Oc1cc(F)cc(Cl)c1. The molecular formula is C15H21ClFNO3. The van der Waals surface area contributed by atoms with Gasteiger partial charge < -0.3 is 15.2 Å². The lowest BCUT2D eigenvalue weighted by atomic mass is 10.0. The zero-order chi connectivity index (χ0) is 16.2. The minimum atomic E-state index is -0.706. The largest absolute Gasteiger partial charge is 0.487 e. The van der Waals surface area contributed by atoms with Gasteiger partial charge in [-0.05, 0) is 31.9 Å². The summed E-state index contributed by atoms with van der Waals surface area (Å²) in [6, 6.07) is 3.22. The van der Waals surface area contributed by atoms with E-state index in [1.165, 1.54) is 18.2 Å². The predicted molar refractivity (Wildman–Crippen MR) is 79.9 cm³/mol. The number of esters is 1. The third-order valence-electron chi connectivity index (χ3n) is 2.90. The van der Waals surface area contributed by atoms with Crippen LogP contribution in [0.15, 0.2) is 18.2 Å². The number of halogens is 2. The Labute approximate surface area is 129 Å². The maximum Gasteiger partial charge on any atom is 0.323 e. The molecule has 4 nitrogen and oxygen atoms in total. The maximum absolute atomic E-state index is 13.3. The molecule has 1 aromatic rings. The highest BCUT2D eigenvalue weighted by Gasteiger charge is 2.27. The molecule has 0 aliphatic carbocycles. The molecule has 6 heteroatoms. The second-order valence-corrected chi connectivity index (χ2v) is 5.80. The van der Waals surface area contributed by atoms with Crippen molar-refractivity contribution in [3.05, 3.63) is 29.0 Å². The lowest BCUT2D eigenvalue weighted by Crippen LogP contribution is -2.41. The Morgan fingerprint density at radius 3 is 2.33 bits per heavy atom. The molecule has 1 rings (SSSR count). The normalized spacial score (nSPS) is 15.4. The Balaban J connectivity index is 2.81. The summed E-state index contributed by atoms with van der Waals surface area (Å²) in [6.45, 7) is 7.10. The van der Waals surface area contributed by atoms with Gasteiger partial charge in [-0.3, -0.25) is 4.79 Å². The third kappa shape index (κ3) is 5.52. The molecule has 1 aromatic carbocycles. The number of hydrogen-bond acceptors (Lipinski definition) is 4. The summed E-state index contributed by atoms with van der Waals surface area (Å²) in [6.07, 6.45) is -0.962. The molecule has 0 fully saturated rings. The van der Waals surface area contributed by atoms with Crippen LogP contribution < -0.4 is 10.5 Å². The minimum Gasteiger partial charge on any atom is -0.487 e.